The van der Waals surface area contributed by atoms with Crippen LogP contribution < -0.4 is 14.3 Å². The van der Waals surface area contributed by atoms with Crippen molar-refractivity contribution >= 4 is 57.0 Å². The van der Waals surface area contributed by atoms with Gasteiger partial charge in [-0.05, 0) is 65.5 Å². The molecule has 1 spiro atoms. The van der Waals surface area contributed by atoms with Crippen molar-refractivity contribution in [1.82, 2.24) is 4.57 Å². The molecule has 5 heteroatoms. The van der Waals surface area contributed by atoms with Crippen molar-refractivity contribution in [3.63, 3.8) is 0 Å². The number of rotatable bonds is 3. The van der Waals surface area contributed by atoms with Gasteiger partial charge in [0.1, 0.15) is 16.8 Å². The van der Waals surface area contributed by atoms with Crippen LogP contribution in [0.2, 0.25) is 19.6 Å². The highest BCUT2D eigenvalue weighted by molar-refractivity contribution is 6.88. The molecular weight excluding hydrogens is 687 g/mol. The number of benzene rings is 7. The number of pyridine rings is 1. The van der Waals surface area contributed by atoms with Gasteiger partial charge in [0, 0.05) is 33.0 Å². The first-order valence-corrected chi connectivity index (χ1v) is 22.7. The Morgan fingerprint density at radius 3 is 2.16 bits per heavy atom. The molecule has 0 fully saturated rings. The van der Waals surface area contributed by atoms with Crippen LogP contribution in [0.3, 0.4) is 0 Å². The van der Waals surface area contributed by atoms with Gasteiger partial charge in [0.25, 0.3) is 0 Å². The molecule has 7 aromatic carbocycles. The molecule has 0 amide bonds. The summed E-state index contributed by atoms with van der Waals surface area (Å²) in [6.07, 6.45) is 2.49. The van der Waals surface area contributed by atoms with Crippen LogP contribution in [0.1, 0.15) is 11.1 Å². The first kappa shape index (κ1) is 30.9. The highest BCUT2D eigenvalue weighted by Gasteiger charge is 2.67. The lowest BCUT2D eigenvalue weighted by Gasteiger charge is -2.22. The number of nitrogens with zero attached hydrogens (tertiary/aromatic N) is 3. The molecule has 0 N–H and O–H groups in total. The summed E-state index contributed by atoms with van der Waals surface area (Å²) in [6.45, 7) is 7.34. The average molecular weight is 724 g/mol. The quantitative estimate of drug-likeness (QED) is 0.132. The first-order chi connectivity index (χ1) is 26.9. The standard InChI is InChI=1S/C50H37N3OSi/c1-55(2,3)34-26-30-42-39-21-9-12-22-40(39)50(51(42)31-34)41-28-27-38-37-20-11-14-24-45(37)54-48(38)46(41)49-52(43-23-13-10-18-35(43)32-15-5-4-6-16-32)44-29-25-33-17-7-8-19-36(33)47(44)53(49)50/h4-31H,1-3H3/q+2. The van der Waals surface area contributed by atoms with Gasteiger partial charge in [-0.1, -0.05) is 123 Å². The molecule has 1 atom stereocenters. The Hall–Kier alpha value is -6.56. The molecule has 0 bridgehead atoms. The molecule has 2 aliphatic rings. The van der Waals surface area contributed by atoms with Gasteiger partial charge in [0.2, 0.25) is 5.69 Å². The minimum Gasteiger partial charge on any atom is -0.455 e. The van der Waals surface area contributed by atoms with Gasteiger partial charge in [0.15, 0.2) is 22.8 Å². The SMILES string of the molecule is C[Si](C)(C)c1ccc2[n+](c1)C1(c3ccccc3-2)c2ccc3c(oc4ccccc43)c2-c2n(-c3ccccc3-c3ccccc3)c3ccc4ccccc4c3[n+]21. The van der Waals surface area contributed by atoms with Crippen molar-refractivity contribution < 1.29 is 13.6 Å². The molecule has 10 aromatic rings. The van der Waals surface area contributed by atoms with E-state index in [1.807, 2.05) is 0 Å². The third-order valence-corrected chi connectivity index (χ3v) is 14.2. The van der Waals surface area contributed by atoms with Crippen molar-refractivity contribution in [3.05, 3.63) is 181 Å². The second-order valence-electron chi connectivity index (χ2n) is 16.1. The topological polar surface area (TPSA) is 25.8 Å². The van der Waals surface area contributed by atoms with Crippen molar-refractivity contribution in [2.75, 3.05) is 0 Å². The number of fused-ring (bicyclic) bond motifs is 18. The van der Waals surface area contributed by atoms with Gasteiger partial charge in [-0.2, -0.15) is 4.57 Å². The minimum absolute atomic E-state index is 0.741. The van der Waals surface area contributed by atoms with Gasteiger partial charge < -0.3 is 4.42 Å². The van der Waals surface area contributed by atoms with E-state index in [1.165, 1.54) is 55.0 Å². The molecule has 55 heavy (non-hydrogen) atoms. The lowest BCUT2D eigenvalue weighted by Crippen LogP contribution is -2.72. The molecule has 1 unspecified atom stereocenters. The predicted octanol–water partition coefficient (Wildman–Crippen LogP) is 10.7. The summed E-state index contributed by atoms with van der Waals surface area (Å²) < 4.78 is 14.9. The van der Waals surface area contributed by atoms with E-state index in [2.05, 4.69) is 203 Å². The van der Waals surface area contributed by atoms with E-state index in [0.717, 1.165) is 44.5 Å². The van der Waals surface area contributed by atoms with E-state index in [0.29, 0.717) is 0 Å². The summed E-state index contributed by atoms with van der Waals surface area (Å²) in [4.78, 5) is 0. The molecule has 0 saturated heterocycles. The fraction of sp³-hybridized carbons (Fsp3) is 0.0800. The van der Waals surface area contributed by atoms with Gasteiger partial charge in [-0.15, -0.1) is 9.13 Å². The molecule has 5 heterocycles. The molecular formula is C50H37N3OSi+2. The zero-order valence-electron chi connectivity index (χ0n) is 30.9. The number of imidazole rings is 1. The van der Waals surface area contributed by atoms with Gasteiger partial charge in [0.05, 0.1) is 24.8 Å². The molecule has 0 saturated carbocycles. The van der Waals surface area contributed by atoms with Crippen LogP contribution in [0.15, 0.2) is 174 Å². The van der Waals surface area contributed by atoms with E-state index in [9.17, 15) is 0 Å². The Bertz CT molecular complexity index is 3260. The molecule has 260 valence electrons. The highest BCUT2D eigenvalue weighted by atomic mass is 28.3. The molecule has 2 aliphatic heterocycles. The van der Waals surface area contributed by atoms with Crippen LogP contribution in [0.5, 0.6) is 0 Å². The van der Waals surface area contributed by atoms with Crippen molar-refractivity contribution in [3.8, 4) is 39.5 Å². The molecule has 0 radical (unpaired) electrons. The summed E-state index contributed by atoms with van der Waals surface area (Å²) in [7, 11) is -1.74. The number of aromatic nitrogens is 3. The Balaban J connectivity index is 1.37. The summed E-state index contributed by atoms with van der Waals surface area (Å²) >= 11 is 0. The molecule has 0 aliphatic carbocycles. The maximum Gasteiger partial charge on any atom is 0.364 e. The normalized spacial score (nSPS) is 15.6. The van der Waals surface area contributed by atoms with E-state index >= 15 is 0 Å². The van der Waals surface area contributed by atoms with E-state index < -0.39 is 13.7 Å². The maximum atomic E-state index is 7.07. The summed E-state index contributed by atoms with van der Waals surface area (Å²) in [5.41, 5.74) is 13.0. The number of para-hydroxylation sites is 2. The monoisotopic (exact) mass is 723 g/mol. The first-order valence-electron chi connectivity index (χ1n) is 19.2. The fourth-order valence-electron chi connectivity index (χ4n) is 9.79. The Kier molecular flexibility index (Phi) is 6.04. The Morgan fingerprint density at radius 1 is 0.582 bits per heavy atom. The maximum absolute atomic E-state index is 7.07. The lowest BCUT2D eigenvalue weighted by atomic mass is 9.88. The molecule has 4 nitrogen and oxygen atoms in total. The number of furan rings is 1. The van der Waals surface area contributed by atoms with Crippen molar-refractivity contribution in [2.24, 2.45) is 0 Å². The van der Waals surface area contributed by atoms with Crippen LogP contribution >= 0.6 is 0 Å². The number of hydrogen-bond acceptors (Lipinski definition) is 1. The Morgan fingerprint density at radius 2 is 1.31 bits per heavy atom. The smallest absolute Gasteiger partial charge is 0.364 e. The van der Waals surface area contributed by atoms with E-state index in [1.54, 1.807) is 0 Å². The largest absolute Gasteiger partial charge is 0.455 e. The third kappa shape index (κ3) is 3.90. The summed E-state index contributed by atoms with van der Waals surface area (Å²) in [5, 5.41) is 6.12. The van der Waals surface area contributed by atoms with E-state index in [4.69, 9.17) is 4.42 Å². The van der Waals surface area contributed by atoms with Crippen molar-refractivity contribution in [2.45, 2.75) is 25.3 Å². The van der Waals surface area contributed by atoms with Gasteiger partial charge in [-0.3, -0.25) is 0 Å². The second-order valence-corrected chi connectivity index (χ2v) is 21.2. The lowest BCUT2D eigenvalue weighted by molar-refractivity contribution is -0.944. The van der Waals surface area contributed by atoms with Crippen LogP contribution in [0.25, 0.3) is 83.2 Å². The van der Waals surface area contributed by atoms with Crippen LogP contribution in [-0.4, -0.2) is 12.6 Å². The zero-order chi connectivity index (χ0) is 36.6. The van der Waals surface area contributed by atoms with Gasteiger partial charge in [-0.25, -0.2) is 0 Å². The predicted molar refractivity (Wildman–Crippen MR) is 226 cm³/mol. The molecule has 12 rings (SSSR count). The summed E-state index contributed by atoms with van der Waals surface area (Å²) in [6, 6.07) is 60.2. The van der Waals surface area contributed by atoms with Crippen LogP contribution in [0.4, 0.5) is 0 Å². The van der Waals surface area contributed by atoms with Crippen molar-refractivity contribution in [1.29, 1.82) is 0 Å². The number of hydrogen-bond donors (Lipinski definition) is 0. The van der Waals surface area contributed by atoms with Gasteiger partial charge >= 0.3 is 11.5 Å². The van der Waals surface area contributed by atoms with E-state index in [-0.39, 0.29) is 0 Å². The third-order valence-electron chi connectivity index (χ3n) is 12.2. The summed E-state index contributed by atoms with van der Waals surface area (Å²) in [5.74, 6) is 1.11. The fourth-order valence-corrected chi connectivity index (χ4v) is 10.9. The Labute approximate surface area is 319 Å². The zero-order valence-corrected chi connectivity index (χ0v) is 31.9. The molecule has 3 aromatic heterocycles. The van der Waals surface area contributed by atoms with Crippen LogP contribution in [0, 0.1) is 0 Å². The minimum atomic E-state index is -1.74. The van der Waals surface area contributed by atoms with Crippen LogP contribution in [-0.2, 0) is 5.66 Å². The highest BCUT2D eigenvalue weighted by Crippen LogP contribution is 2.53. The average Bonchev–Trinajstić information content (AvgIpc) is 3.94. The second kappa shape index (κ2) is 10.8.